The molecule has 0 unspecified atom stereocenters. The van der Waals surface area contributed by atoms with E-state index in [-0.39, 0.29) is 5.92 Å². The summed E-state index contributed by atoms with van der Waals surface area (Å²) in [4.78, 5) is 11.8. The average molecular weight is 244 g/mol. The van der Waals surface area contributed by atoms with Gasteiger partial charge in [-0.2, -0.15) is 0 Å². The molecule has 16 heavy (non-hydrogen) atoms. The topological polar surface area (TPSA) is 89.3 Å². The Bertz CT molecular complexity index is 427. The number of nitrogens with two attached hydrogens (primary N) is 1. The molecule has 2 rings (SSSR count). The molecule has 0 radical (unpaired) electrons. The van der Waals surface area contributed by atoms with E-state index in [1.807, 2.05) is 0 Å². The first-order valence-electron chi connectivity index (χ1n) is 5.37. The molecule has 0 heterocycles. The van der Waals surface area contributed by atoms with Gasteiger partial charge in [0.2, 0.25) is 10.0 Å². The van der Waals surface area contributed by atoms with Crippen molar-refractivity contribution >= 4 is 15.9 Å². The van der Waals surface area contributed by atoms with Crippen molar-refractivity contribution in [2.45, 2.75) is 36.5 Å². The number of hydrogen-bond donors (Lipinski definition) is 2. The number of carbonyl (C=O) groups excluding carboxylic acids is 1. The lowest BCUT2D eigenvalue weighted by Gasteiger charge is -2.43. The number of carbonyl (C=O) groups is 1. The Morgan fingerprint density at radius 3 is 2.44 bits per heavy atom. The van der Waals surface area contributed by atoms with E-state index in [9.17, 15) is 13.2 Å². The summed E-state index contributed by atoms with van der Waals surface area (Å²) in [5, 5.41) is -0.401. The van der Waals surface area contributed by atoms with E-state index in [1.54, 1.807) is 6.08 Å². The van der Waals surface area contributed by atoms with Crippen molar-refractivity contribution in [1.29, 1.82) is 0 Å². The van der Waals surface area contributed by atoms with Crippen LogP contribution < -0.4 is 10.5 Å². The summed E-state index contributed by atoms with van der Waals surface area (Å²) >= 11 is 0. The second-order valence-electron chi connectivity index (χ2n) is 4.60. The van der Waals surface area contributed by atoms with E-state index in [4.69, 9.17) is 5.73 Å². The summed E-state index contributed by atoms with van der Waals surface area (Å²) in [6.45, 7) is 3.60. The Kier molecular flexibility index (Phi) is 2.58. The highest BCUT2D eigenvalue weighted by atomic mass is 32.2. The van der Waals surface area contributed by atoms with Crippen molar-refractivity contribution in [3.63, 3.8) is 0 Å². The predicted octanol–water partition coefficient (Wildman–Crippen LogP) is -0.112. The highest BCUT2D eigenvalue weighted by molar-refractivity contribution is 7.90. The average Bonchev–Trinajstić information content (AvgIpc) is 2.97. The maximum atomic E-state index is 11.8. The van der Waals surface area contributed by atoms with Crippen LogP contribution in [0.2, 0.25) is 0 Å². The van der Waals surface area contributed by atoms with Crippen molar-refractivity contribution in [3.8, 4) is 0 Å². The molecule has 0 aromatic carbocycles. The number of amides is 1. The van der Waals surface area contributed by atoms with Crippen LogP contribution in [0.5, 0.6) is 0 Å². The molecule has 6 heteroatoms. The molecule has 90 valence electrons. The summed E-state index contributed by atoms with van der Waals surface area (Å²) in [6, 6.07) is 0. The van der Waals surface area contributed by atoms with Crippen LogP contribution in [0.3, 0.4) is 0 Å². The van der Waals surface area contributed by atoms with E-state index in [2.05, 4.69) is 11.3 Å². The van der Waals surface area contributed by atoms with Crippen LogP contribution in [0.15, 0.2) is 12.7 Å². The zero-order valence-corrected chi connectivity index (χ0v) is 9.79. The highest BCUT2D eigenvalue weighted by Gasteiger charge is 2.50. The lowest BCUT2D eigenvalue weighted by atomic mass is 9.67. The highest BCUT2D eigenvalue weighted by Crippen LogP contribution is 2.38. The van der Waals surface area contributed by atoms with Gasteiger partial charge >= 0.3 is 0 Å². The minimum absolute atomic E-state index is 0.123. The van der Waals surface area contributed by atoms with Crippen molar-refractivity contribution in [2.75, 3.05) is 0 Å². The monoisotopic (exact) mass is 244 g/mol. The molecule has 2 atom stereocenters. The van der Waals surface area contributed by atoms with E-state index >= 15 is 0 Å². The Hall–Kier alpha value is -0.880. The summed E-state index contributed by atoms with van der Waals surface area (Å²) < 4.78 is 25.2. The fourth-order valence-corrected chi connectivity index (χ4v) is 3.29. The Balaban J connectivity index is 2.06. The van der Waals surface area contributed by atoms with Gasteiger partial charge in [0.1, 0.15) is 5.54 Å². The minimum Gasteiger partial charge on any atom is -0.317 e. The van der Waals surface area contributed by atoms with Crippen molar-refractivity contribution in [1.82, 2.24) is 4.72 Å². The zero-order chi connectivity index (χ0) is 12.0. The van der Waals surface area contributed by atoms with E-state index in [0.29, 0.717) is 19.3 Å². The Morgan fingerprint density at radius 2 is 2.06 bits per heavy atom. The summed E-state index contributed by atoms with van der Waals surface area (Å²) in [5.41, 5.74) is 4.80. The first-order valence-corrected chi connectivity index (χ1v) is 6.92. The quantitative estimate of drug-likeness (QED) is 0.675. The first kappa shape index (κ1) is 11.6. The first-order chi connectivity index (χ1) is 7.40. The number of nitrogens with one attached hydrogen (secondary N) is 1. The summed E-state index contributed by atoms with van der Waals surface area (Å²) in [7, 11) is -3.49. The van der Waals surface area contributed by atoms with Gasteiger partial charge in [0, 0.05) is 5.92 Å². The van der Waals surface area contributed by atoms with Crippen molar-refractivity contribution < 1.29 is 13.2 Å². The molecule has 1 amide bonds. The molecule has 0 bridgehead atoms. The van der Waals surface area contributed by atoms with Crippen molar-refractivity contribution in [2.24, 2.45) is 11.7 Å². The minimum atomic E-state index is -3.49. The maximum Gasteiger partial charge on any atom is 0.254 e. The maximum absolute atomic E-state index is 11.8. The smallest absolute Gasteiger partial charge is 0.254 e. The van der Waals surface area contributed by atoms with Gasteiger partial charge in [-0.3, -0.25) is 9.52 Å². The van der Waals surface area contributed by atoms with Crippen LogP contribution in [0.25, 0.3) is 0 Å². The second-order valence-corrected chi connectivity index (χ2v) is 6.56. The molecule has 0 aromatic heterocycles. The van der Waals surface area contributed by atoms with Crippen LogP contribution in [0.4, 0.5) is 0 Å². The largest absolute Gasteiger partial charge is 0.317 e. The van der Waals surface area contributed by atoms with E-state index in [0.717, 1.165) is 6.42 Å². The normalized spacial score (nSPS) is 33.9. The predicted molar refractivity (Wildman–Crippen MR) is 59.9 cm³/mol. The second kappa shape index (κ2) is 3.56. The molecule has 2 aliphatic carbocycles. The van der Waals surface area contributed by atoms with Crippen LogP contribution >= 0.6 is 0 Å². The number of hydrogen-bond acceptors (Lipinski definition) is 4. The van der Waals surface area contributed by atoms with Crippen molar-refractivity contribution in [3.05, 3.63) is 12.7 Å². The molecule has 0 saturated heterocycles. The third-order valence-corrected chi connectivity index (χ3v) is 5.26. The van der Waals surface area contributed by atoms with Gasteiger partial charge in [0.15, 0.2) is 0 Å². The van der Waals surface area contributed by atoms with Crippen LogP contribution in [0, 0.1) is 5.92 Å². The molecule has 2 fully saturated rings. The Labute approximate surface area is 95.1 Å². The SMILES string of the molecule is C=C[C@@H]1CC[C@]1(N)C(=O)NS(=O)(=O)C1CC1. The van der Waals surface area contributed by atoms with Gasteiger partial charge in [0.25, 0.3) is 5.91 Å². The molecule has 2 saturated carbocycles. The molecular weight excluding hydrogens is 228 g/mol. The van der Waals surface area contributed by atoms with E-state index in [1.165, 1.54) is 0 Å². The Morgan fingerprint density at radius 1 is 1.44 bits per heavy atom. The zero-order valence-electron chi connectivity index (χ0n) is 8.98. The fraction of sp³-hybridized carbons (Fsp3) is 0.700. The van der Waals surface area contributed by atoms with Crippen LogP contribution in [-0.4, -0.2) is 25.1 Å². The van der Waals surface area contributed by atoms with E-state index < -0.39 is 26.7 Å². The molecule has 0 aliphatic heterocycles. The molecular formula is C10H16N2O3S. The lowest BCUT2D eigenvalue weighted by Crippen LogP contribution is -2.64. The molecule has 5 nitrogen and oxygen atoms in total. The van der Waals surface area contributed by atoms with Gasteiger partial charge in [-0.1, -0.05) is 6.08 Å². The summed E-state index contributed by atoms with van der Waals surface area (Å²) in [5.74, 6) is -0.711. The summed E-state index contributed by atoms with van der Waals surface area (Å²) in [6.07, 6.45) is 4.18. The molecule has 0 aromatic rings. The standard InChI is InChI=1S/C10H16N2O3S/c1-2-7-5-6-10(7,11)9(13)12-16(14,15)8-3-4-8/h2,7-8H,1,3-6,11H2,(H,12,13)/t7-,10-/m1/s1. The van der Waals surface area contributed by atoms with Crippen LogP contribution in [-0.2, 0) is 14.8 Å². The molecule has 3 N–H and O–H groups in total. The van der Waals surface area contributed by atoms with Crippen LogP contribution in [0.1, 0.15) is 25.7 Å². The van der Waals surface area contributed by atoms with Gasteiger partial charge in [-0.15, -0.1) is 6.58 Å². The molecule has 0 spiro atoms. The molecule has 2 aliphatic rings. The third kappa shape index (κ3) is 1.76. The lowest BCUT2D eigenvalue weighted by molar-refractivity contribution is -0.129. The number of sulfonamides is 1. The van der Waals surface area contributed by atoms with Gasteiger partial charge in [-0.25, -0.2) is 8.42 Å². The van der Waals surface area contributed by atoms with Gasteiger partial charge < -0.3 is 5.73 Å². The third-order valence-electron chi connectivity index (χ3n) is 3.44. The van der Waals surface area contributed by atoms with Gasteiger partial charge in [-0.05, 0) is 25.7 Å². The number of rotatable bonds is 4. The van der Waals surface area contributed by atoms with Gasteiger partial charge in [0.05, 0.1) is 5.25 Å². The fourth-order valence-electron chi connectivity index (χ4n) is 1.92.